The van der Waals surface area contributed by atoms with E-state index in [1.54, 1.807) is 0 Å². The van der Waals surface area contributed by atoms with Crippen molar-refractivity contribution in [1.82, 2.24) is 15.1 Å². The Morgan fingerprint density at radius 3 is 2.65 bits per heavy atom. The van der Waals surface area contributed by atoms with Crippen LogP contribution in [0.4, 0.5) is 0 Å². The van der Waals surface area contributed by atoms with Crippen LogP contribution in [-0.4, -0.2) is 27.5 Å². The quantitative estimate of drug-likeness (QED) is 0.861. The summed E-state index contributed by atoms with van der Waals surface area (Å²) in [4.78, 5) is 0. The molecule has 2 N–H and O–H groups in total. The Labute approximate surface area is 124 Å². The molecule has 4 nitrogen and oxygen atoms in total. The number of rotatable bonds is 6. The number of aliphatic hydroxyl groups is 1. The van der Waals surface area contributed by atoms with Crippen LogP contribution in [0.25, 0.3) is 5.69 Å². The molecule has 0 bridgehead atoms. The summed E-state index contributed by atoms with van der Waals surface area (Å²) in [6.45, 7) is 5.29. The standard InChI is InChI=1S/C15H20ClN3O/c1-11(2)15(20)9-17-7-12-8-18-19(10-12)14-5-3-13(16)4-6-14/h3-6,8,10-11,15,17,20H,7,9H2,1-2H3. The van der Waals surface area contributed by atoms with Crippen LogP contribution in [-0.2, 0) is 6.54 Å². The van der Waals surface area contributed by atoms with Gasteiger partial charge in [0.25, 0.3) is 0 Å². The molecule has 0 aliphatic heterocycles. The highest BCUT2D eigenvalue weighted by atomic mass is 35.5. The Morgan fingerprint density at radius 2 is 2.00 bits per heavy atom. The second-order valence-corrected chi connectivity index (χ2v) is 5.65. The minimum absolute atomic E-state index is 0.263. The number of halogens is 1. The first kappa shape index (κ1) is 15.0. The van der Waals surface area contributed by atoms with Gasteiger partial charge < -0.3 is 10.4 Å². The Morgan fingerprint density at radius 1 is 1.30 bits per heavy atom. The molecule has 0 fully saturated rings. The number of aliphatic hydroxyl groups excluding tert-OH is 1. The van der Waals surface area contributed by atoms with Gasteiger partial charge >= 0.3 is 0 Å². The van der Waals surface area contributed by atoms with Gasteiger partial charge in [0.15, 0.2) is 0 Å². The third-order valence-electron chi connectivity index (χ3n) is 3.18. The molecule has 2 rings (SSSR count). The van der Waals surface area contributed by atoms with Gasteiger partial charge in [-0.25, -0.2) is 4.68 Å². The van der Waals surface area contributed by atoms with E-state index in [9.17, 15) is 5.11 Å². The first-order valence-corrected chi connectivity index (χ1v) is 7.12. The molecule has 1 atom stereocenters. The molecule has 0 amide bonds. The SMILES string of the molecule is CC(C)C(O)CNCc1cnn(-c2ccc(Cl)cc2)c1. The van der Waals surface area contributed by atoms with Gasteiger partial charge in [0.1, 0.15) is 0 Å². The fraction of sp³-hybridized carbons (Fsp3) is 0.400. The lowest BCUT2D eigenvalue weighted by atomic mass is 10.1. The molecular weight excluding hydrogens is 274 g/mol. The molecule has 108 valence electrons. The van der Waals surface area contributed by atoms with Crippen LogP contribution < -0.4 is 5.32 Å². The van der Waals surface area contributed by atoms with E-state index < -0.39 is 0 Å². The molecule has 0 aliphatic carbocycles. The summed E-state index contributed by atoms with van der Waals surface area (Å²) in [7, 11) is 0. The molecule has 1 aromatic heterocycles. The van der Waals surface area contributed by atoms with Gasteiger partial charge in [-0.1, -0.05) is 25.4 Å². The molecule has 0 spiro atoms. The number of benzene rings is 1. The van der Waals surface area contributed by atoms with E-state index in [1.807, 2.05) is 55.2 Å². The first-order valence-electron chi connectivity index (χ1n) is 6.74. The van der Waals surface area contributed by atoms with Crippen LogP contribution in [0.3, 0.4) is 0 Å². The molecule has 0 saturated heterocycles. The third-order valence-corrected chi connectivity index (χ3v) is 3.43. The summed E-state index contributed by atoms with van der Waals surface area (Å²) in [5, 5.41) is 18.0. The molecule has 1 aromatic carbocycles. The number of nitrogens with zero attached hydrogens (tertiary/aromatic N) is 2. The van der Waals surface area contributed by atoms with E-state index in [-0.39, 0.29) is 12.0 Å². The van der Waals surface area contributed by atoms with Crippen molar-refractivity contribution in [3.63, 3.8) is 0 Å². The zero-order chi connectivity index (χ0) is 14.5. The number of aromatic nitrogens is 2. The van der Waals surface area contributed by atoms with Gasteiger partial charge in [-0.3, -0.25) is 0 Å². The van der Waals surface area contributed by atoms with Crippen LogP contribution in [0.5, 0.6) is 0 Å². The van der Waals surface area contributed by atoms with Gasteiger partial charge in [0, 0.05) is 29.9 Å². The van der Waals surface area contributed by atoms with Crippen molar-refractivity contribution >= 4 is 11.6 Å². The molecule has 2 aromatic rings. The van der Waals surface area contributed by atoms with Gasteiger partial charge in [-0.15, -0.1) is 0 Å². The second kappa shape index (κ2) is 6.88. The Hall–Kier alpha value is -1.36. The molecule has 0 aliphatic rings. The van der Waals surface area contributed by atoms with Crippen molar-refractivity contribution in [3.8, 4) is 5.69 Å². The van der Waals surface area contributed by atoms with Crippen LogP contribution in [0.15, 0.2) is 36.7 Å². The van der Waals surface area contributed by atoms with E-state index >= 15 is 0 Å². The smallest absolute Gasteiger partial charge is 0.0687 e. The maximum absolute atomic E-state index is 9.72. The summed E-state index contributed by atoms with van der Waals surface area (Å²) in [5.41, 5.74) is 2.05. The zero-order valence-corrected chi connectivity index (χ0v) is 12.5. The average Bonchev–Trinajstić information content (AvgIpc) is 2.88. The maximum Gasteiger partial charge on any atom is 0.0687 e. The van der Waals surface area contributed by atoms with Crippen LogP contribution >= 0.6 is 11.6 Å². The Balaban J connectivity index is 1.91. The van der Waals surface area contributed by atoms with Gasteiger partial charge in [0.2, 0.25) is 0 Å². The van der Waals surface area contributed by atoms with Crippen molar-refractivity contribution in [1.29, 1.82) is 0 Å². The van der Waals surface area contributed by atoms with E-state index in [2.05, 4.69) is 10.4 Å². The molecule has 1 unspecified atom stereocenters. The van der Waals surface area contributed by atoms with E-state index in [0.29, 0.717) is 18.1 Å². The molecular formula is C15H20ClN3O. The highest BCUT2D eigenvalue weighted by Gasteiger charge is 2.08. The average molecular weight is 294 g/mol. The van der Waals surface area contributed by atoms with E-state index in [4.69, 9.17) is 11.6 Å². The minimum atomic E-state index is -0.318. The lowest BCUT2D eigenvalue weighted by Crippen LogP contribution is -2.30. The molecule has 20 heavy (non-hydrogen) atoms. The highest BCUT2D eigenvalue weighted by molar-refractivity contribution is 6.30. The lowest BCUT2D eigenvalue weighted by Gasteiger charge is -2.14. The normalized spacial score (nSPS) is 12.8. The van der Waals surface area contributed by atoms with Crippen molar-refractivity contribution in [3.05, 3.63) is 47.2 Å². The predicted molar refractivity (Wildman–Crippen MR) is 81.1 cm³/mol. The first-order chi connectivity index (χ1) is 9.56. The summed E-state index contributed by atoms with van der Waals surface area (Å²) in [6.07, 6.45) is 3.47. The molecule has 0 saturated carbocycles. The summed E-state index contributed by atoms with van der Waals surface area (Å²) >= 11 is 5.86. The van der Waals surface area contributed by atoms with Gasteiger partial charge in [0.05, 0.1) is 18.0 Å². The third kappa shape index (κ3) is 4.07. The molecule has 5 heteroatoms. The summed E-state index contributed by atoms with van der Waals surface area (Å²) < 4.78 is 1.81. The fourth-order valence-corrected chi connectivity index (χ4v) is 1.91. The number of hydrogen-bond donors (Lipinski definition) is 2. The summed E-state index contributed by atoms with van der Waals surface area (Å²) in [5.74, 6) is 0.263. The van der Waals surface area contributed by atoms with Crippen LogP contribution in [0, 0.1) is 5.92 Å². The predicted octanol–water partition coefficient (Wildman–Crippen LogP) is 2.63. The van der Waals surface area contributed by atoms with E-state index in [0.717, 1.165) is 11.3 Å². The fourth-order valence-electron chi connectivity index (χ4n) is 1.79. The number of hydrogen-bond acceptors (Lipinski definition) is 3. The van der Waals surface area contributed by atoms with Gasteiger partial charge in [-0.05, 0) is 30.2 Å². The van der Waals surface area contributed by atoms with Crippen molar-refractivity contribution in [2.45, 2.75) is 26.5 Å². The molecule has 1 heterocycles. The van der Waals surface area contributed by atoms with Crippen molar-refractivity contribution < 1.29 is 5.11 Å². The van der Waals surface area contributed by atoms with Crippen LogP contribution in [0.1, 0.15) is 19.4 Å². The monoisotopic (exact) mass is 293 g/mol. The zero-order valence-electron chi connectivity index (χ0n) is 11.8. The minimum Gasteiger partial charge on any atom is -0.392 e. The van der Waals surface area contributed by atoms with Crippen molar-refractivity contribution in [2.24, 2.45) is 5.92 Å². The lowest BCUT2D eigenvalue weighted by molar-refractivity contribution is 0.123. The topological polar surface area (TPSA) is 50.1 Å². The Bertz CT molecular complexity index is 536. The largest absolute Gasteiger partial charge is 0.392 e. The Kier molecular flexibility index (Phi) is 5.17. The van der Waals surface area contributed by atoms with Gasteiger partial charge in [-0.2, -0.15) is 5.10 Å². The van der Waals surface area contributed by atoms with Crippen molar-refractivity contribution in [2.75, 3.05) is 6.54 Å². The van der Waals surface area contributed by atoms with Crippen LogP contribution in [0.2, 0.25) is 5.02 Å². The highest BCUT2D eigenvalue weighted by Crippen LogP contribution is 2.13. The summed E-state index contributed by atoms with van der Waals surface area (Å²) in [6, 6.07) is 7.54. The maximum atomic E-state index is 9.72. The number of nitrogens with one attached hydrogen (secondary N) is 1. The van der Waals surface area contributed by atoms with E-state index in [1.165, 1.54) is 0 Å². The second-order valence-electron chi connectivity index (χ2n) is 5.21. The molecule has 0 radical (unpaired) electrons.